The van der Waals surface area contributed by atoms with Gasteiger partial charge in [0.1, 0.15) is 17.0 Å². The summed E-state index contributed by atoms with van der Waals surface area (Å²) in [6.45, 7) is 5.40. The topological polar surface area (TPSA) is 88.5 Å². The number of carbonyl (C=O) groups is 2. The molecule has 0 amide bonds. The number of carboxylic acids is 1. The average molecular weight is 328 g/mol. The molecule has 0 unspecified atom stereocenters. The van der Waals surface area contributed by atoms with Gasteiger partial charge in [-0.2, -0.15) is 0 Å². The van der Waals surface area contributed by atoms with Crippen LogP contribution in [0.2, 0.25) is 0 Å². The Bertz CT molecular complexity index is 779. The molecule has 0 spiro atoms. The summed E-state index contributed by atoms with van der Waals surface area (Å²) in [6, 6.07) is 8.35. The molecule has 0 atom stereocenters. The van der Waals surface area contributed by atoms with Crippen LogP contribution < -0.4 is 5.32 Å². The number of nitrogens with zero attached hydrogens (tertiary/aromatic N) is 1. The number of carbonyl (C=O) groups excluding carboxylic acids is 1. The zero-order valence-corrected chi connectivity index (χ0v) is 14.1. The van der Waals surface area contributed by atoms with Crippen molar-refractivity contribution in [1.29, 1.82) is 0 Å². The normalized spacial score (nSPS) is 11.0. The third-order valence-electron chi connectivity index (χ3n) is 3.19. The van der Waals surface area contributed by atoms with Crippen molar-refractivity contribution in [2.45, 2.75) is 26.4 Å². The molecule has 6 heteroatoms. The van der Waals surface area contributed by atoms with Crippen molar-refractivity contribution in [2.24, 2.45) is 0 Å². The van der Waals surface area contributed by atoms with E-state index in [2.05, 4.69) is 10.3 Å². The minimum Gasteiger partial charge on any atom is -0.478 e. The van der Waals surface area contributed by atoms with E-state index >= 15 is 0 Å². The molecule has 0 saturated heterocycles. The van der Waals surface area contributed by atoms with Gasteiger partial charge in [-0.3, -0.25) is 0 Å². The Balaban J connectivity index is 2.40. The summed E-state index contributed by atoms with van der Waals surface area (Å²) < 4.78 is 5.35. The Morgan fingerprint density at radius 3 is 2.46 bits per heavy atom. The van der Waals surface area contributed by atoms with E-state index in [-0.39, 0.29) is 11.4 Å². The van der Waals surface area contributed by atoms with Gasteiger partial charge in [0.15, 0.2) is 0 Å². The summed E-state index contributed by atoms with van der Waals surface area (Å²) in [7, 11) is 1.61. The van der Waals surface area contributed by atoms with Crippen molar-refractivity contribution < 1.29 is 19.4 Å². The fraction of sp³-hybridized carbons (Fsp3) is 0.278. The summed E-state index contributed by atoms with van der Waals surface area (Å²) in [5.41, 5.74) is 1.18. The van der Waals surface area contributed by atoms with Crippen molar-refractivity contribution in [1.82, 2.24) is 4.98 Å². The molecule has 0 bridgehead atoms. The zero-order valence-electron chi connectivity index (χ0n) is 14.1. The maximum atomic E-state index is 12.2. The molecule has 6 nitrogen and oxygen atoms in total. The van der Waals surface area contributed by atoms with Crippen LogP contribution in [0.25, 0.3) is 11.1 Å². The molecular weight excluding hydrogens is 308 g/mol. The number of benzene rings is 1. The summed E-state index contributed by atoms with van der Waals surface area (Å²) >= 11 is 0. The summed E-state index contributed by atoms with van der Waals surface area (Å²) in [5.74, 6) is -1.21. The van der Waals surface area contributed by atoms with E-state index < -0.39 is 17.5 Å². The van der Waals surface area contributed by atoms with Gasteiger partial charge in [0.05, 0.1) is 5.56 Å². The lowest BCUT2D eigenvalue weighted by Crippen LogP contribution is -2.23. The largest absolute Gasteiger partial charge is 0.478 e. The third-order valence-corrected chi connectivity index (χ3v) is 3.19. The predicted octanol–water partition coefficient (Wildman–Crippen LogP) is 3.44. The van der Waals surface area contributed by atoms with E-state index in [9.17, 15) is 14.7 Å². The number of rotatable bonds is 4. The molecule has 0 saturated carbocycles. The van der Waals surface area contributed by atoms with Crippen LogP contribution in [0.15, 0.2) is 36.5 Å². The predicted molar refractivity (Wildman–Crippen MR) is 91.3 cm³/mol. The van der Waals surface area contributed by atoms with Gasteiger partial charge in [0.25, 0.3) is 0 Å². The fourth-order valence-corrected chi connectivity index (χ4v) is 2.15. The second-order valence-electron chi connectivity index (χ2n) is 6.26. The van der Waals surface area contributed by atoms with E-state index in [0.717, 1.165) is 0 Å². The van der Waals surface area contributed by atoms with Crippen LogP contribution in [0.1, 0.15) is 41.5 Å². The van der Waals surface area contributed by atoms with E-state index in [1.165, 1.54) is 6.07 Å². The Morgan fingerprint density at radius 2 is 1.88 bits per heavy atom. The molecule has 0 radical (unpaired) electrons. The summed E-state index contributed by atoms with van der Waals surface area (Å²) in [5, 5.41) is 12.0. The highest BCUT2D eigenvalue weighted by Gasteiger charge is 2.18. The van der Waals surface area contributed by atoms with Gasteiger partial charge in [-0.25, -0.2) is 14.6 Å². The van der Waals surface area contributed by atoms with Gasteiger partial charge in [-0.05, 0) is 44.5 Å². The monoisotopic (exact) mass is 328 g/mol. The van der Waals surface area contributed by atoms with Crippen LogP contribution in [0.3, 0.4) is 0 Å². The van der Waals surface area contributed by atoms with Crippen LogP contribution >= 0.6 is 0 Å². The maximum Gasteiger partial charge on any atom is 0.339 e. The van der Waals surface area contributed by atoms with Crippen molar-refractivity contribution in [3.8, 4) is 11.1 Å². The summed E-state index contributed by atoms with van der Waals surface area (Å²) in [4.78, 5) is 27.6. The smallest absolute Gasteiger partial charge is 0.339 e. The number of anilines is 1. The van der Waals surface area contributed by atoms with Gasteiger partial charge in [-0.1, -0.05) is 12.1 Å². The molecule has 0 aliphatic heterocycles. The van der Waals surface area contributed by atoms with E-state index in [1.54, 1.807) is 58.3 Å². The number of nitrogens with one attached hydrogen (secondary N) is 1. The molecule has 2 rings (SSSR count). The lowest BCUT2D eigenvalue weighted by atomic mass is 10.0. The van der Waals surface area contributed by atoms with Crippen LogP contribution in [0, 0.1) is 0 Å². The molecule has 1 aromatic carbocycles. The third kappa shape index (κ3) is 4.10. The van der Waals surface area contributed by atoms with E-state index in [0.29, 0.717) is 16.7 Å². The Kier molecular flexibility index (Phi) is 4.87. The van der Waals surface area contributed by atoms with E-state index in [1.807, 2.05) is 0 Å². The number of hydrogen-bond donors (Lipinski definition) is 2. The number of carboxylic acid groups (broad SMARTS) is 1. The highest BCUT2D eigenvalue weighted by atomic mass is 16.6. The molecule has 1 heterocycles. The van der Waals surface area contributed by atoms with Crippen molar-refractivity contribution in [2.75, 3.05) is 12.4 Å². The van der Waals surface area contributed by atoms with Crippen LogP contribution in [-0.2, 0) is 4.74 Å². The SMILES string of the molecule is CNc1ncc(-c2cccc(C(=O)OC(C)(C)C)c2)cc1C(=O)O. The molecule has 0 fully saturated rings. The Labute approximate surface area is 140 Å². The van der Waals surface area contributed by atoms with Crippen LogP contribution in [-0.4, -0.2) is 34.7 Å². The first kappa shape index (κ1) is 17.5. The molecule has 0 aliphatic carbocycles. The van der Waals surface area contributed by atoms with Gasteiger partial charge in [0.2, 0.25) is 0 Å². The second-order valence-corrected chi connectivity index (χ2v) is 6.26. The zero-order chi connectivity index (χ0) is 17.9. The minimum absolute atomic E-state index is 0.0673. The first-order valence-electron chi connectivity index (χ1n) is 7.46. The molecular formula is C18H20N2O4. The van der Waals surface area contributed by atoms with Crippen molar-refractivity contribution in [3.05, 3.63) is 47.7 Å². The lowest BCUT2D eigenvalue weighted by Gasteiger charge is -2.19. The first-order valence-corrected chi connectivity index (χ1v) is 7.46. The van der Waals surface area contributed by atoms with Crippen molar-refractivity contribution in [3.63, 3.8) is 0 Å². The maximum absolute atomic E-state index is 12.2. The number of hydrogen-bond acceptors (Lipinski definition) is 5. The highest BCUT2D eigenvalue weighted by Crippen LogP contribution is 2.25. The molecule has 2 aromatic rings. The number of aromatic carboxylic acids is 1. The molecule has 1 aromatic heterocycles. The van der Waals surface area contributed by atoms with Gasteiger partial charge in [0, 0.05) is 18.8 Å². The fourth-order valence-electron chi connectivity index (χ4n) is 2.15. The number of aromatic nitrogens is 1. The van der Waals surface area contributed by atoms with Gasteiger partial charge >= 0.3 is 11.9 Å². The molecule has 0 aliphatic rings. The molecule has 126 valence electrons. The highest BCUT2D eigenvalue weighted by molar-refractivity contribution is 5.95. The lowest BCUT2D eigenvalue weighted by molar-refractivity contribution is 0.00693. The van der Waals surface area contributed by atoms with Crippen LogP contribution in [0.4, 0.5) is 5.82 Å². The standard InChI is InChI=1S/C18H20N2O4/c1-18(2,3)24-17(23)12-7-5-6-11(8-12)13-9-14(16(21)22)15(19-4)20-10-13/h5-10H,1-4H3,(H,19,20)(H,21,22). The Hall–Kier alpha value is -2.89. The van der Waals surface area contributed by atoms with Gasteiger partial charge < -0.3 is 15.2 Å². The summed E-state index contributed by atoms with van der Waals surface area (Å²) in [6.07, 6.45) is 1.56. The minimum atomic E-state index is -1.07. The second kappa shape index (κ2) is 6.70. The molecule has 24 heavy (non-hydrogen) atoms. The number of ether oxygens (including phenoxy) is 1. The first-order chi connectivity index (χ1) is 11.2. The Morgan fingerprint density at radius 1 is 1.17 bits per heavy atom. The van der Waals surface area contributed by atoms with Crippen molar-refractivity contribution >= 4 is 17.8 Å². The average Bonchev–Trinajstić information content (AvgIpc) is 2.52. The van der Waals surface area contributed by atoms with Crippen LogP contribution in [0.5, 0.6) is 0 Å². The quantitative estimate of drug-likeness (QED) is 0.836. The molecule has 2 N–H and O–H groups in total. The number of pyridine rings is 1. The van der Waals surface area contributed by atoms with Gasteiger partial charge in [-0.15, -0.1) is 0 Å². The van der Waals surface area contributed by atoms with E-state index in [4.69, 9.17) is 4.74 Å². The number of esters is 1.